The summed E-state index contributed by atoms with van der Waals surface area (Å²) in [6, 6.07) is 5.28. The highest BCUT2D eigenvalue weighted by molar-refractivity contribution is 7.91. The van der Waals surface area contributed by atoms with E-state index in [-0.39, 0.29) is 23.2 Å². The van der Waals surface area contributed by atoms with Crippen LogP contribution in [0.25, 0.3) is 0 Å². The van der Waals surface area contributed by atoms with Crippen LogP contribution in [0.2, 0.25) is 0 Å². The van der Waals surface area contributed by atoms with Crippen LogP contribution in [0.15, 0.2) is 29.2 Å². The second kappa shape index (κ2) is 9.85. The molecule has 8 heteroatoms. The third kappa shape index (κ3) is 6.04. The number of rotatable bonds is 7. The van der Waals surface area contributed by atoms with Gasteiger partial charge in [0.05, 0.1) is 23.2 Å². The van der Waals surface area contributed by atoms with Crippen molar-refractivity contribution in [3.05, 3.63) is 29.8 Å². The minimum Gasteiger partial charge on any atom is -0.481 e. The van der Waals surface area contributed by atoms with Crippen molar-refractivity contribution < 1.29 is 27.9 Å². The minimum atomic E-state index is -3.46. The van der Waals surface area contributed by atoms with Gasteiger partial charge in [-0.25, -0.2) is 8.42 Å². The molecule has 2 atom stereocenters. The van der Waals surface area contributed by atoms with Gasteiger partial charge in [-0.2, -0.15) is 0 Å². The molecule has 27 heavy (non-hydrogen) atoms. The van der Waals surface area contributed by atoms with E-state index in [1.807, 2.05) is 0 Å². The third-order valence-electron chi connectivity index (χ3n) is 4.93. The van der Waals surface area contributed by atoms with Crippen LogP contribution in [0.3, 0.4) is 0 Å². The van der Waals surface area contributed by atoms with Gasteiger partial charge < -0.3 is 15.2 Å². The molecule has 0 radical (unpaired) electrons. The number of ether oxygens (including phenoxy) is 1. The first-order valence-electron chi connectivity index (χ1n) is 9.20. The van der Waals surface area contributed by atoms with Gasteiger partial charge in [0.25, 0.3) is 5.91 Å². The molecular weight excluding hydrogens is 370 g/mol. The van der Waals surface area contributed by atoms with Crippen molar-refractivity contribution in [1.29, 1.82) is 0 Å². The van der Waals surface area contributed by atoms with Crippen LogP contribution in [0.4, 0.5) is 0 Å². The fraction of sp³-hybridized carbons (Fsp3) is 0.579. The molecule has 0 saturated heterocycles. The molecule has 0 aliphatic heterocycles. The van der Waals surface area contributed by atoms with Gasteiger partial charge in [0.2, 0.25) is 0 Å². The van der Waals surface area contributed by atoms with Crippen LogP contribution in [0.5, 0.6) is 0 Å². The molecule has 1 aromatic rings. The molecular formula is C19H27NO6S. The second-order valence-electron chi connectivity index (χ2n) is 6.85. The van der Waals surface area contributed by atoms with E-state index < -0.39 is 27.8 Å². The van der Waals surface area contributed by atoms with E-state index >= 15 is 0 Å². The van der Waals surface area contributed by atoms with Gasteiger partial charge >= 0.3 is 5.97 Å². The Hall–Kier alpha value is -1.93. The molecule has 0 bridgehead atoms. The lowest BCUT2D eigenvalue weighted by Crippen LogP contribution is -2.43. The van der Waals surface area contributed by atoms with E-state index in [1.165, 1.54) is 31.4 Å². The van der Waals surface area contributed by atoms with Crippen molar-refractivity contribution in [3.8, 4) is 0 Å². The van der Waals surface area contributed by atoms with E-state index in [2.05, 4.69) is 5.32 Å². The summed E-state index contributed by atoms with van der Waals surface area (Å²) < 4.78 is 29.1. The zero-order valence-corrected chi connectivity index (χ0v) is 16.3. The van der Waals surface area contributed by atoms with Crippen LogP contribution in [0, 0.1) is 5.92 Å². The summed E-state index contributed by atoms with van der Waals surface area (Å²) in [6.45, 7) is 0.100. The summed E-state index contributed by atoms with van der Waals surface area (Å²) in [6.07, 6.45) is 4.96. The highest BCUT2D eigenvalue weighted by Crippen LogP contribution is 2.24. The summed E-state index contributed by atoms with van der Waals surface area (Å²) in [5, 5.41) is 12.3. The average Bonchev–Trinajstić information content (AvgIpc) is 2.62. The molecule has 2 rings (SSSR count). The molecule has 2 N–H and O–H groups in total. The summed E-state index contributed by atoms with van der Waals surface area (Å²) in [7, 11) is -2.02. The van der Waals surface area contributed by atoms with Crippen molar-refractivity contribution in [2.45, 2.75) is 49.5 Å². The largest absolute Gasteiger partial charge is 0.481 e. The van der Waals surface area contributed by atoms with Crippen molar-refractivity contribution in [3.63, 3.8) is 0 Å². The Morgan fingerprint density at radius 2 is 1.74 bits per heavy atom. The summed E-state index contributed by atoms with van der Waals surface area (Å²) in [5.74, 6) is -1.99. The minimum absolute atomic E-state index is 0.100. The number of hydrogen-bond acceptors (Lipinski definition) is 5. The topological polar surface area (TPSA) is 110 Å². The van der Waals surface area contributed by atoms with Crippen molar-refractivity contribution in [2.24, 2.45) is 5.92 Å². The number of carboxylic acids is 1. The maximum atomic E-state index is 12.5. The number of aliphatic carboxylic acids is 1. The Kier molecular flexibility index (Phi) is 7.79. The maximum absolute atomic E-state index is 12.5. The van der Waals surface area contributed by atoms with Gasteiger partial charge in [-0.3, -0.25) is 9.59 Å². The number of amides is 1. The third-order valence-corrected chi connectivity index (χ3v) is 6.63. The molecule has 1 aliphatic carbocycles. The van der Waals surface area contributed by atoms with E-state index in [4.69, 9.17) is 4.74 Å². The fourth-order valence-corrected chi connectivity index (χ4v) is 4.50. The van der Waals surface area contributed by atoms with Gasteiger partial charge in [-0.1, -0.05) is 25.7 Å². The van der Waals surface area contributed by atoms with Crippen LogP contribution in [0.1, 0.15) is 48.9 Å². The average molecular weight is 397 g/mol. The number of benzene rings is 1. The van der Waals surface area contributed by atoms with E-state index in [0.717, 1.165) is 25.7 Å². The molecule has 0 aromatic heterocycles. The van der Waals surface area contributed by atoms with Gasteiger partial charge in [0.1, 0.15) is 0 Å². The van der Waals surface area contributed by atoms with E-state index in [1.54, 1.807) is 0 Å². The molecule has 1 aromatic carbocycles. The standard InChI is InChI=1S/C19H27NO6S/c1-26-12-13-27(24,25)15-10-8-14(9-11-15)18(21)20-17-7-5-3-2-4-6-16(17)19(22)23/h8-11,16-17H,2-7,12-13H2,1H3,(H,20,21)(H,22,23). The Labute approximate surface area is 160 Å². The number of carboxylic acid groups (broad SMARTS) is 1. The first-order chi connectivity index (χ1) is 12.8. The van der Waals surface area contributed by atoms with Crippen molar-refractivity contribution in [1.82, 2.24) is 5.32 Å². The Morgan fingerprint density at radius 1 is 1.11 bits per heavy atom. The zero-order valence-electron chi connectivity index (χ0n) is 15.5. The smallest absolute Gasteiger partial charge is 0.308 e. The molecule has 1 saturated carbocycles. The molecule has 0 heterocycles. The maximum Gasteiger partial charge on any atom is 0.308 e. The molecule has 2 unspecified atom stereocenters. The molecule has 1 fully saturated rings. The molecule has 1 aliphatic rings. The Bertz CT molecular complexity index is 744. The normalized spacial score (nSPS) is 21.1. The predicted molar refractivity (Wildman–Crippen MR) is 100 cm³/mol. The quantitative estimate of drug-likeness (QED) is 0.730. The van der Waals surface area contributed by atoms with Crippen LogP contribution < -0.4 is 5.32 Å². The molecule has 7 nitrogen and oxygen atoms in total. The number of carbonyl (C=O) groups excluding carboxylic acids is 1. The van der Waals surface area contributed by atoms with Crippen LogP contribution in [-0.2, 0) is 19.4 Å². The number of sulfone groups is 1. The van der Waals surface area contributed by atoms with Crippen LogP contribution in [-0.4, -0.2) is 50.9 Å². The monoisotopic (exact) mass is 397 g/mol. The van der Waals surface area contributed by atoms with E-state index in [0.29, 0.717) is 18.4 Å². The Balaban J connectivity index is 2.09. The second-order valence-corrected chi connectivity index (χ2v) is 8.96. The molecule has 0 spiro atoms. The lowest BCUT2D eigenvalue weighted by molar-refractivity contribution is -0.143. The van der Waals surface area contributed by atoms with E-state index in [9.17, 15) is 23.1 Å². The molecule has 1 amide bonds. The number of nitrogens with one attached hydrogen (secondary N) is 1. The van der Waals surface area contributed by atoms with Crippen molar-refractivity contribution in [2.75, 3.05) is 19.5 Å². The zero-order chi connectivity index (χ0) is 19.9. The van der Waals surface area contributed by atoms with Gasteiger partial charge in [-0.15, -0.1) is 0 Å². The first kappa shape index (κ1) is 21.4. The fourth-order valence-electron chi connectivity index (χ4n) is 3.33. The Morgan fingerprint density at radius 3 is 2.33 bits per heavy atom. The summed E-state index contributed by atoms with van der Waals surface area (Å²) in [5.41, 5.74) is 0.312. The number of hydrogen-bond donors (Lipinski definition) is 2. The van der Waals surface area contributed by atoms with Crippen molar-refractivity contribution >= 4 is 21.7 Å². The predicted octanol–water partition coefficient (Wildman–Crippen LogP) is 2.26. The first-order valence-corrected chi connectivity index (χ1v) is 10.9. The number of methoxy groups -OCH3 is 1. The summed E-state index contributed by atoms with van der Waals surface area (Å²) >= 11 is 0. The van der Waals surface area contributed by atoms with Gasteiger partial charge in [0.15, 0.2) is 9.84 Å². The van der Waals surface area contributed by atoms with Gasteiger partial charge in [-0.05, 0) is 37.1 Å². The molecule has 150 valence electrons. The lowest BCUT2D eigenvalue weighted by Gasteiger charge is -2.27. The highest BCUT2D eigenvalue weighted by atomic mass is 32.2. The number of carbonyl (C=O) groups is 2. The van der Waals surface area contributed by atoms with Gasteiger partial charge in [0, 0.05) is 18.7 Å². The summed E-state index contributed by atoms with van der Waals surface area (Å²) in [4.78, 5) is 24.2. The van der Waals surface area contributed by atoms with Crippen LogP contribution >= 0.6 is 0 Å². The highest BCUT2D eigenvalue weighted by Gasteiger charge is 2.30. The SMILES string of the molecule is COCCS(=O)(=O)c1ccc(C(=O)NC2CCCCCCC2C(=O)O)cc1. The lowest BCUT2D eigenvalue weighted by atomic mass is 9.86.